The molecule has 2 N–H and O–H groups in total. The average Bonchev–Trinajstić information content (AvgIpc) is 2.43. The van der Waals surface area contributed by atoms with Crippen LogP contribution in [0.3, 0.4) is 0 Å². The highest BCUT2D eigenvalue weighted by atomic mass is 32.2. The van der Waals surface area contributed by atoms with E-state index in [1.54, 1.807) is 25.1 Å². The summed E-state index contributed by atoms with van der Waals surface area (Å²) >= 11 is 1.39. The van der Waals surface area contributed by atoms with Gasteiger partial charge in [0.15, 0.2) is 5.76 Å². The molecule has 0 aromatic heterocycles. The minimum absolute atomic E-state index is 0.172. The van der Waals surface area contributed by atoms with Crippen molar-refractivity contribution in [2.24, 2.45) is 0 Å². The molecular weight excluding hydrogens is 318 g/mol. The van der Waals surface area contributed by atoms with Crippen LogP contribution in [-0.4, -0.2) is 17.3 Å². The Morgan fingerprint density at radius 1 is 1.23 bits per heavy atom. The molecule has 0 saturated heterocycles. The SMILES string of the molecule is CC1NC(/C=C(\O)C(F)(F)F)=CC=C1Sc1ccc(F)cc1. The number of nitrogens with one attached hydrogen (secondary N) is 1. The number of hydrogen-bond donors (Lipinski definition) is 2. The number of hydrogen-bond acceptors (Lipinski definition) is 3. The fourth-order valence-electron chi connectivity index (χ4n) is 1.77. The van der Waals surface area contributed by atoms with Gasteiger partial charge >= 0.3 is 6.18 Å². The summed E-state index contributed by atoms with van der Waals surface area (Å²) in [6.45, 7) is 1.79. The molecular formula is C15H13F4NOS. The zero-order valence-electron chi connectivity index (χ0n) is 11.5. The second-order valence-corrected chi connectivity index (χ2v) is 5.79. The highest BCUT2D eigenvalue weighted by Gasteiger charge is 2.34. The van der Waals surface area contributed by atoms with E-state index >= 15 is 0 Å². The van der Waals surface area contributed by atoms with Gasteiger partial charge in [-0.3, -0.25) is 0 Å². The lowest BCUT2D eigenvalue weighted by Gasteiger charge is -2.23. The monoisotopic (exact) mass is 331 g/mol. The molecule has 0 saturated carbocycles. The number of aliphatic hydroxyl groups is 1. The molecule has 0 spiro atoms. The van der Waals surface area contributed by atoms with Gasteiger partial charge in [-0.25, -0.2) is 4.39 Å². The lowest BCUT2D eigenvalue weighted by molar-refractivity contribution is -0.120. The number of halogens is 4. The summed E-state index contributed by atoms with van der Waals surface area (Å²) in [5.74, 6) is -1.98. The molecule has 1 unspecified atom stereocenters. The predicted octanol–water partition coefficient (Wildman–Crippen LogP) is 4.68. The summed E-state index contributed by atoms with van der Waals surface area (Å²) in [5.41, 5.74) is 0.172. The smallest absolute Gasteiger partial charge is 0.448 e. The summed E-state index contributed by atoms with van der Waals surface area (Å²) in [5, 5.41) is 11.8. The van der Waals surface area contributed by atoms with E-state index in [2.05, 4.69) is 5.32 Å². The highest BCUT2D eigenvalue weighted by molar-refractivity contribution is 8.03. The molecule has 0 amide bonds. The van der Waals surface area contributed by atoms with Crippen molar-refractivity contribution in [1.82, 2.24) is 5.32 Å². The number of benzene rings is 1. The topological polar surface area (TPSA) is 32.3 Å². The quantitative estimate of drug-likeness (QED) is 0.623. The number of rotatable bonds is 3. The maximum absolute atomic E-state index is 12.8. The third-order valence-electron chi connectivity index (χ3n) is 2.87. The van der Waals surface area contributed by atoms with Crippen LogP contribution in [0.25, 0.3) is 0 Å². The molecule has 1 atom stereocenters. The second-order valence-electron chi connectivity index (χ2n) is 4.64. The second kappa shape index (κ2) is 6.48. The molecule has 7 heteroatoms. The van der Waals surface area contributed by atoms with Gasteiger partial charge in [0, 0.05) is 21.6 Å². The first-order chi connectivity index (χ1) is 10.3. The van der Waals surface area contributed by atoms with Crippen molar-refractivity contribution in [3.8, 4) is 0 Å². The van der Waals surface area contributed by atoms with Crippen molar-refractivity contribution in [1.29, 1.82) is 0 Å². The average molecular weight is 331 g/mol. The maximum atomic E-state index is 12.8. The molecule has 1 aliphatic heterocycles. The normalized spacial score (nSPS) is 19.3. The lowest BCUT2D eigenvalue weighted by Crippen LogP contribution is -2.28. The van der Waals surface area contributed by atoms with Gasteiger partial charge in [0.05, 0.1) is 6.04 Å². The third-order valence-corrected chi connectivity index (χ3v) is 4.10. The van der Waals surface area contributed by atoms with E-state index in [4.69, 9.17) is 5.11 Å². The fraction of sp³-hybridized carbons (Fsp3) is 0.200. The van der Waals surface area contributed by atoms with Gasteiger partial charge in [-0.2, -0.15) is 13.2 Å². The summed E-state index contributed by atoms with van der Waals surface area (Å²) in [7, 11) is 0. The minimum atomic E-state index is -4.77. The van der Waals surface area contributed by atoms with Gasteiger partial charge in [-0.05, 0) is 43.3 Å². The van der Waals surface area contributed by atoms with Crippen LogP contribution in [0.4, 0.5) is 17.6 Å². The molecule has 118 valence electrons. The van der Waals surface area contributed by atoms with E-state index in [9.17, 15) is 17.6 Å². The highest BCUT2D eigenvalue weighted by Crippen LogP contribution is 2.32. The van der Waals surface area contributed by atoms with Crippen molar-refractivity contribution < 1.29 is 22.7 Å². The molecule has 0 bridgehead atoms. The Morgan fingerprint density at radius 3 is 2.41 bits per heavy atom. The zero-order valence-corrected chi connectivity index (χ0v) is 12.3. The third kappa shape index (κ3) is 4.30. The molecule has 0 aliphatic carbocycles. The molecule has 0 radical (unpaired) electrons. The van der Waals surface area contributed by atoms with Crippen LogP contribution < -0.4 is 5.32 Å². The Morgan fingerprint density at radius 2 is 1.86 bits per heavy atom. The lowest BCUT2D eigenvalue weighted by atomic mass is 10.2. The summed E-state index contributed by atoms with van der Waals surface area (Å²) < 4.78 is 49.7. The molecule has 2 rings (SSSR count). The van der Waals surface area contributed by atoms with Crippen LogP contribution in [-0.2, 0) is 0 Å². The zero-order chi connectivity index (χ0) is 16.3. The molecule has 0 fully saturated rings. The van der Waals surface area contributed by atoms with E-state index in [0.29, 0.717) is 6.08 Å². The summed E-state index contributed by atoms with van der Waals surface area (Å²) in [6, 6.07) is 5.71. The van der Waals surface area contributed by atoms with Gasteiger partial charge in [0.25, 0.3) is 0 Å². The maximum Gasteiger partial charge on any atom is 0.448 e. The Balaban J connectivity index is 2.14. The van der Waals surface area contributed by atoms with E-state index in [-0.39, 0.29) is 17.6 Å². The molecule has 2 nitrogen and oxygen atoms in total. The van der Waals surface area contributed by atoms with E-state index < -0.39 is 11.9 Å². The number of aliphatic hydroxyl groups excluding tert-OH is 1. The number of alkyl halides is 3. The van der Waals surface area contributed by atoms with Crippen LogP contribution in [0.5, 0.6) is 0 Å². The van der Waals surface area contributed by atoms with Gasteiger partial charge in [-0.1, -0.05) is 11.8 Å². The van der Waals surface area contributed by atoms with Crippen LogP contribution in [0, 0.1) is 5.82 Å². The largest absolute Gasteiger partial charge is 0.504 e. The van der Waals surface area contributed by atoms with Crippen LogP contribution in [0.1, 0.15) is 6.92 Å². The molecule has 22 heavy (non-hydrogen) atoms. The van der Waals surface area contributed by atoms with E-state index in [0.717, 1.165) is 9.80 Å². The van der Waals surface area contributed by atoms with Crippen LogP contribution in [0.2, 0.25) is 0 Å². The van der Waals surface area contributed by atoms with Crippen LogP contribution >= 0.6 is 11.8 Å². The Hall–Kier alpha value is -1.89. The first-order valence-electron chi connectivity index (χ1n) is 6.35. The number of allylic oxidation sites excluding steroid dienone is 4. The fourth-order valence-corrected chi connectivity index (χ4v) is 2.68. The predicted molar refractivity (Wildman–Crippen MR) is 77.8 cm³/mol. The first kappa shape index (κ1) is 16.5. The van der Waals surface area contributed by atoms with Gasteiger partial charge in [0.2, 0.25) is 0 Å². The van der Waals surface area contributed by atoms with Crippen molar-refractivity contribution in [3.05, 3.63) is 64.7 Å². The van der Waals surface area contributed by atoms with Crippen molar-refractivity contribution >= 4 is 11.8 Å². The van der Waals surface area contributed by atoms with Gasteiger partial charge in [-0.15, -0.1) is 0 Å². The molecule has 1 aromatic carbocycles. The Labute approximate surface area is 129 Å². The van der Waals surface area contributed by atoms with Gasteiger partial charge in [0.1, 0.15) is 5.82 Å². The standard InChI is InChI=1S/C15H13F4NOS/c1-9-13(22-12-5-2-10(16)3-6-12)7-4-11(20-9)8-14(21)15(17,18)19/h2-9,20-21H,1H3/b14-8-. The summed E-state index contributed by atoms with van der Waals surface area (Å²) in [6.07, 6.45) is -0.997. The minimum Gasteiger partial charge on any atom is -0.504 e. The Bertz CT molecular complexity index is 632. The number of dihydropyridines is 1. The van der Waals surface area contributed by atoms with Crippen LogP contribution in [0.15, 0.2) is 63.8 Å². The van der Waals surface area contributed by atoms with Crippen molar-refractivity contribution in [2.75, 3.05) is 0 Å². The molecule has 1 heterocycles. The number of thioether (sulfide) groups is 1. The first-order valence-corrected chi connectivity index (χ1v) is 7.17. The van der Waals surface area contributed by atoms with Gasteiger partial charge < -0.3 is 10.4 Å². The van der Waals surface area contributed by atoms with E-state index in [1.165, 1.54) is 30.0 Å². The molecule has 1 aliphatic rings. The summed E-state index contributed by atoms with van der Waals surface area (Å²) in [4.78, 5) is 1.70. The van der Waals surface area contributed by atoms with Crippen molar-refractivity contribution in [3.63, 3.8) is 0 Å². The Kier molecular flexibility index (Phi) is 4.85. The van der Waals surface area contributed by atoms with E-state index in [1.807, 2.05) is 0 Å². The van der Waals surface area contributed by atoms with Crippen molar-refractivity contribution in [2.45, 2.75) is 24.0 Å². The molecule has 1 aromatic rings.